The van der Waals surface area contributed by atoms with Crippen molar-refractivity contribution < 1.29 is 23.8 Å². The predicted octanol–water partition coefficient (Wildman–Crippen LogP) is 0.691. The van der Waals surface area contributed by atoms with Gasteiger partial charge >= 0.3 is 6.03 Å². The van der Waals surface area contributed by atoms with E-state index in [0.717, 1.165) is 4.90 Å². The SMILES string of the molecule is COc1ccc(C2(C(OC)OC)NC(=O)N(C)C2=O)cc1. The Labute approximate surface area is 122 Å². The van der Waals surface area contributed by atoms with Crippen LogP contribution in [0.1, 0.15) is 5.56 Å². The maximum atomic E-state index is 12.6. The summed E-state index contributed by atoms with van der Waals surface area (Å²) in [7, 11) is 5.79. The Bertz CT molecular complexity index is 541. The fraction of sp³-hybridized carbons (Fsp3) is 0.429. The molecule has 7 nitrogen and oxygen atoms in total. The lowest BCUT2D eigenvalue weighted by molar-refractivity contribution is -0.169. The number of nitrogens with one attached hydrogen (secondary N) is 1. The molecule has 1 aliphatic heterocycles. The van der Waals surface area contributed by atoms with E-state index in [4.69, 9.17) is 14.2 Å². The summed E-state index contributed by atoms with van der Waals surface area (Å²) in [5, 5.41) is 2.67. The molecule has 1 atom stereocenters. The molecule has 0 aromatic heterocycles. The van der Waals surface area contributed by atoms with Gasteiger partial charge in [0.15, 0.2) is 11.8 Å². The summed E-state index contributed by atoms with van der Waals surface area (Å²) < 4.78 is 15.6. The van der Waals surface area contributed by atoms with Crippen LogP contribution in [0.3, 0.4) is 0 Å². The second-order valence-corrected chi connectivity index (χ2v) is 4.63. The molecular formula is C14H18N2O5. The van der Waals surface area contributed by atoms with Crippen LogP contribution in [-0.2, 0) is 19.8 Å². The van der Waals surface area contributed by atoms with Gasteiger partial charge in [-0.15, -0.1) is 0 Å². The van der Waals surface area contributed by atoms with Crippen molar-refractivity contribution >= 4 is 11.9 Å². The zero-order chi connectivity index (χ0) is 15.6. The Morgan fingerprint density at radius 2 is 1.67 bits per heavy atom. The summed E-state index contributed by atoms with van der Waals surface area (Å²) >= 11 is 0. The largest absolute Gasteiger partial charge is 0.497 e. The molecule has 1 heterocycles. The first-order valence-corrected chi connectivity index (χ1v) is 6.31. The number of carbonyl (C=O) groups is 2. The highest BCUT2D eigenvalue weighted by Gasteiger charge is 2.57. The van der Waals surface area contributed by atoms with Gasteiger partial charge in [-0.2, -0.15) is 0 Å². The van der Waals surface area contributed by atoms with Crippen LogP contribution >= 0.6 is 0 Å². The Balaban J connectivity index is 2.55. The van der Waals surface area contributed by atoms with Crippen molar-refractivity contribution in [2.75, 3.05) is 28.4 Å². The van der Waals surface area contributed by atoms with E-state index >= 15 is 0 Å². The molecule has 114 valence electrons. The van der Waals surface area contributed by atoms with E-state index in [-0.39, 0.29) is 0 Å². The van der Waals surface area contributed by atoms with Gasteiger partial charge in [-0.1, -0.05) is 12.1 Å². The molecule has 3 amide bonds. The lowest BCUT2D eigenvalue weighted by atomic mass is 9.88. The summed E-state index contributed by atoms with van der Waals surface area (Å²) in [5.74, 6) is 0.205. The topological polar surface area (TPSA) is 77.1 Å². The van der Waals surface area contributed by atoms with E-state index in [1.54, 1.807) is 31.4 Å². The maximum Gasteiger partial charge on any atom is 0.325 e. The number of hydrogen-bond acceptors (Lipinski definition) is 5. The number of ether oxygens (including phenoxy) is 3. The summed E-state index contributed by atoms with van der Waals surface area (Å²) in [6.07, 6.45) is -0.952. The fourth-order valence-electron chi connectivity index (χ4n) is 2.46. The van der Waals surface area contributed by atoms with Crippen LogP contribution in [0.2, 0.25) is 0 Å². The van der Waals surface area contributed by atoms with E-state index in [2.05, 4.69) is 5.32 Å². The summed E-state index contributed by atoms with van der Waals surface area (Å²) in [4.78, 5) is 25.5. The molecule has 1 aromatic carbocycles. The van der Waals surface area contributed by atoms with Crippen LogP contribution in [0, 0.1) is 0 Å². The van der Waals surface area contributed by atoms with Gasteiger partial charge in [0.2, 0.25) is 0 Å². The molecule has 1 N–H and O–H groups in total. The lowest BCUT2D eigenvalue weighted by Gasteiger charge is -2.33. The van der Waals surface area contributed by atoms with Crippen molar-refractivity contribution in [3.05, 3.63) is 29.8 Å². The number of amides is 3. The van der Waals surface area contributed by atoms with Crippen LogP contribution in [-0.4, -0.2) is 51.5 Å². The first-order valence-electron chi connectivity index (χ1n) is 6.31. The highest BCUT2D eigenvalue weighted by molar-refractivity contribution is 6.07. The molecular weight excluding hydrogens is 276 g/mol. The minimum absolute atomic E-state index is 0.439. The number of carbonyl (C=O) groups excluding carboxylic acids is 2. The van der Waals surface area contributed by atoms with E-state index in [1.807, 2.05) is 0 Å². The quantitative estimate of drug-likeness (QED) is 0.638. The molecule has 0 bridgehead atoms. The number of rotatable bonds is 5. The molecule has 21 heavy (non-hydrogen) atoms. The van der Waals surface area contributed by atoms with Gasteiger partial charge in [0, 0.05) is 21.3 Å². The number of likely N-dealkylation sites (N-methyl/N-ethyl adjacent to an activating group) is 1. The van der Waals surface area contributed by atoms with E-state index in [0.29, 0.717) is 11.3 Å². The molecule has 1 aliphatic rings. The number of imide groups is 1. The zero-order valence-electron chi connectivity index (χ0n) is 12.4. The van der Waals surface area contributed by atoms with Crippen molar-refractivity contribution in [1.29, 1.82) is 0 Å². The fourth-order valence-corrected chi connectivity index (χ4v) is 2.46. The van der Waals surface area contributed by atoms with Crippen molar-refractivity contribution in [1.82, 2.24) is 10.2 Å². The van der Waals surface area contributed by atoms with E-state index < -0.39 is 23.8 Å². The third-order valence-electron chi connectivity index (χ3n) is 3.58. The molecule has 0 saturated carbocycles. The normalized spacial score (nSPS) is 21.9. The number of methoxy groups -OCH3 is 3. The van der Waals surface area contributed by atoms with Gasteiger partial charge in [-0.25, -0.2) is 4.79 Å². The second-order valence-electron chi connectivity index (χ2n) is 4.63. The second kappa shape index (κ2) is 5.71. The number of nitrogens with zero attached hydrogens (tertiary/aromatic N) is 1. The minimum Gasteiger partial charge on any atom is -0.497 e. The molecule has 0 spiro atoms. The molecule has 2 rings (SSSR count). The molecule has 7 heteroatoms. The summed E-state index contributed by atoms with van der Waals surface area (Å²) in [6, 6.07) is 6.30. The average molecular weight is 294 g/mol. The van der Waals surface area contributed by atoms with Gasteiger partial charge in [-0.3, -0.25) is 9.69 Å². The van der Waals surface area contributed by atoms with Crippen molar-refractivity contribution in [3.8, 4) is 5.75 Å². The van der Waals surface area contributed by atoms with E-state index in [1.165, 1.54) is 21.3 Å². The number of hydrogen-bond donors (Lipinski definition) is 1. The van der Waals surface area contributed by atoms with Crippen molar-refractivity contribution in [2.24, 2.45) is 0 Å². The predicted molar refractivity (Wildman–Crippen MR) is 73.8 cm³/mol. The zero-order valence-corrected chi connectivity index (χ0v) is 12.4. The Morgan fingerprint density at radius 1 is 1.10 bits per heavy atom. The van der Waals surface area contributed by atoms with Crippen LogP contribution in [0.15, 0.2) is 24.3 Å². The maximum absolute atomic E-state index is 12.6. The van der Waals surface area contributed by atoms with Crippen molar-refractivity contribution in [3.63, 3.8) is 0 Å². The monoisotopic (exact) mass is 294 g/mol. The highest BCUT2D eigenvalue weighted by atomic mass is 16.7. The molecule has 1 fully saturated rings. The first kappa shape index (κ1) is 15.3. The molecule has 0 aliphatic carbocycles. The average Bonchev–Trinajstić information content (AvgIpc) is 2.74. The first-order chi connectivity index (χ1) is 10.0. The van der Waals surface area contributed by atoms with Crippen LogP contribution in [0.5, 0.6) is 5.75 Å². The Hall–Kier alpha value is -2.12. The van der Waals surface area contributed by atoms with Gasteiger partial charge < -0.3 is 19.5 Å². The molecule has 0 radical (unpaired) electrons. The molecule has 1 aromatic rings. The summed E-state index contributed by atoms with van der Waals surface area (Å²) in [6.45, 7) is 0. The highest BCUT2D eigenvalue weighted by Crippen LogP contribution is 2.34. The third-order valence-corrected chi connectivity index (χ3v) is 3.58. The molecule has 1 unspecified atom stereocenters. The standard InChI is InChI=1S/C14H18N2O5/c1-16-11(17)14(15-13(16)18,12(20-3)21-4)9-5-7-10(19-2)8-6-9/h5-8,12H,1-4H3,(H,15,18). The van der Waals surface area contributed by atoms with Gasteiger partial charge in [0.05, 0.1) is 7.11 Å². The lowest BCUT2D eigenvalue weighted by Crippen LogP contribution is -2.55. The van der Waals surface area contributed by atoms with Crippen molar-refractivity contribution in [2.45, 2.75) is 11.8 Å². The minimum atomic E-state index is -1.42. The van der Waals surface area contributed by atoms with Crippen LogP contribution in [0.4, 0.5) is 4.79 Å². The van der Waals surface area contributed by atoms with Crippen LogP contribution in [0.25, 0.3) is 0 Å². The van der Waals surface area contributed by atoms with Gasteiger partial charge in [0.1, 0.15) is 5.75 Å². The van der Waals surface area contributed by atoms with Crippen LogP contribution < -0.4 is 10.1 Å². The third kappa shape index (κ3) is 2.24. The Morgan fingerprint density at radius 3 is 2.05 bits per heavy atom. The van der Waals surface area contributed by atoms with Gasteiger partial charge in [0.25, 0.3) is 5.91 Å². The van der Waals surface area contributed by atoms with Gasteiger partial charge in [-0.05, 0) is 17.7 Å². The Kier molecular flexibility index (Phi) is 4.15. The molecule has 1 saturated heterocycles. The number of benzene rings is 1. The smallest absolute Gasteiger partial charge is 0.325 e. The number of urea groups is 1. The van der Waals surface area contributed by atoms with E-state index in [9.17, 15) is 9.59 Å². The summed E-state index contributed by atoms with van der Waals surface area (Å²) in [5.41, 5.74) is -0.860.